The molecule has 100 valence electrons. The topological polar surface area (TPSA) is 38.8 Å². The Morgan fingerprint density at radius 2 is 2.18 bits per heavy atom. The van der Waals surface area contributed by atoms with Crippen LogP contribution in [0.3, 0.4) is 0 Å². The van der Waals surface area contributed by atoms with Crippen molar-refractivity contribution < 1.29 is 14.3 Å². The number of carbonyl (C=O) groups is 1. The molecule has 0 aliphatic carbocycles. The molecule has 1 amide bonds. The van der Waals surface area contributed by atoms with Crippen molar-refractivity contribution in [1.29, 1.82) is 0 Å². The monoisotopic (exact) mass is 263 g/mol. The summed E-state index contributed by atoms with van der Waals surface area (Å²) in [7, 11) is 1.64. The van der Waals surface area contributed by atoms with E-state index in [2.05, 4.69) is 0 Å². The lowest BCUT2D eigenvalue weighted by atomic mass is 10.1. The van der Waals surface area contributed by atoms with E-state index >= 15 is 0 Å². The third kappa shape index (κ3) is 4.45. The summed E-state index contributed by atoms with van der Waals surface area (Å²) in [5.74, 6) is 0.0260. The molecule has 1 rings (SSSR count). The number of carbonyl (C=O) groups excluding carboxylic acids is 1. The summed E-state index contributed by atoms with van der Waals surface area (Å²) >= 11 is 6.05. The van der Waals surface area contributed by atoms with Gasteiger partial charge in [-0.05, 0) is 19.3 Å². The fraction of sp³-hybridized carbons (Fsp3) is 0.917. The summed E-state index contributed by atoms with van der Waals surface area (Å²) in [6, 6.07) is 0.249. The van der Waals surface area contributed by atoms with Gasteiger partial charge < -0.3 is 14.4 Å². The van der Waals surface area contributed by atoms with Crippen LogP contribution in [-0.4, -0.2) is 55.7 Å². The number of nitrogens with zero attached hydrogens (tertiary/aromatic N) is 1. The molecule has 0 unspecified atom stereocenters. The molecule has 0 aromatic rings. The highest BCUT2D eigenvalue weighted by atomic mass is 35.5. The average Bonchev–Trinajstić information content (AvgIpc) is 2.39. The molecule has 0 radical (unpaired) electrons. The Morgan fingerprint density at radius 3 is 2.71 bits per heavy atom. The summed E-state index contributed by atoms with van der Waals surface area (Å²) in [6.07, 6.45) is 2.44. The van der Waals surface area contributed by atoms with Gasteiger partial charge in [-0.15, -0.1) is 11.6 Å². The number of halogens is 1. The Hall–Kier alpha value is -0.320. The summed E-state index contributed by atoms with van der Waals surface area (Å²) in [5, 5.41) is -0.422. The van der Waals surface area contributed by atoms with E-state index in [1.165, 1.54) is 0 Å². The van der Waals surface area contributed by atoms with Gasteiger partial charge in [0.25, 0.3) is 0 Å². The quantitative estimate of drug-likeness (QED) is 0.684. The largest absolute Gasteiger partial charge is 0.383 e. The summed E-state index contributed by atoms with van der Waals surface area (Å²) in [6.45, 7) is 4.54. The molecule has 0 aromatic carbocycles. The molecule has 0 N–H and O–H groups in total. The van der Waals surface area contributed by atoms with E-state index in [9.17, 15) is 4.79 Å². The van der Waals surface area contributed by atoms with Crippen molar-refractivity contribution in [3.8, 4) is 0 Å². The van der Waals surface area contributed by atoms with E-state index < -0.39 is 5.38 Å². The highest BCUT2D eigenvalue weighted by Crippen LogP contribution is 2.17. The Bertz CT molecular complexity index is 232. The van der Waals surface area contributed by atoms with E-state index in [0.717, 1.165) is 26.1 Å². The van der Waals surface area contributed by atoms with Gasteiger partial charge in [0.15, 0.2) is 0 Å². The smallest absolute Gasteiger partial charge is 0.240 e. The molecule has 1 heterocycles. The normalized spacial score (nSPS) is 19.0. The molecule has 0 bridgehead atoms. The lowest BCUT2D eigenvalue weighted by Crippen LogP contribution is -2.47. The minimum Gasteiger partial charge on any atom is -0.383 e. The van der Waals surface area contributed by atoms with Crippen molar-refractivity contribution in [3.63, 3.8) is 0 Å². The van der Waals surface area contributed by atoms with E-state index in [1.54, 1.807) is 7.11 Å². The van der Waals surface area contributed by atoms with Crippen LogP contribution < -0.4 is 0 Å². The zero-order valence-electron chi connectivity index (χ0n) is 10.7. The number of methoxy groups -OCH3 is 1. The van der Waals surface area contributed by atoms with E-state index in [-0.39, 0.29) is 11.9 Å². The maximum Gasteiger partial charge on any atom is 0.240 e. The molecular formula is C12H22ClNO3. The minimum atomic E-state index is -0.422. The number of alkyl halides is 1. The van der Waals surface area contributed by atoms with Gasteiger partial charge in [-0.1, -0.05) is 6.92 Å². The van der Waals surface area contributed by atoms with Crippen LogP contribution in [0.1, 0.15) is 26.2 Å². The molecule has 1 aliphatic rings. The third-order valence-corrected chi connectivity index (χ3v) is 3.57. The number of rotatable bonds is 6. The Balaban J connectivity index is 2.60. The minimum absolute atomic E-state index is 0.0260. The molecule has 1 atom stereocenters. The molecule has 1 aliphatic heterocycles. The number of ether oxygens (including phenoxy) is 2. The van der Waals surface area contributed by atoms with Crippen molar-refractivity contribution in [3.05, 3.63) is 0 Å². The van der Waals surface area contributed by atoms with Crippen LogP contribution in [0, 0.1) is 0 Å². The zero-order chi connectivity index (χ0) is 12.7. The molecule has 0 spiro atoms. The summed E-state index contributed by atoms with van der Waals surface area (Å²) in [5.41, 5.74) is 0. The molecule has 17 heavy (non-hydrogen) atoms. The van der Waals surface area contributed by atoms with Crippen LogP contribution in [0.2, 0.25) is 0 Å². The van der Waals surface area contributed by atoms with Crippen molar-refractivity contribution in [2.45, 2.75) is 37.6 Å². The second-order valence-corrected chi connectivity index (χ2v) is 4.77. The van der Waals surface area contributed by atoms with Crippen molar-refractivity contribution in [1.82, 2.24) is 4.90 Å². The first-order chi connectivity index (χ1) is 8.20. The second-order valence-electron chi connectivity index (χ2n) is 4.24. The van der Waals surface area contributed by atoms with Gasteiger partial charge >= 0.3 is 0 Å². The van der Waals surface area contributed by atoms with Crippen LogP contribution in [0.15, 0.2) is 0 Å². The first-order valence-electron chi connectivity index (χ1n) is 6.22. The van der Waals surface area contributed by atoms with E-state index in [4.69, 9.17) is 21.1 Å². The van der Waals surface area contributed by atoms with Gasteiger partial charge in [-0.25, -0.2) is 0 Å². The predicted octanol–water partition coefficient (Wildman–Crippen LogP) is 1.66. The summed E-state index contributed by atoms with van der Waals surface area (Å²) < 4.78 is 10.4. The van der Waals surface area contributed by atoms with Crippen LogP contribution >= 0.6 is 11.6 Å². The van der Waals surface area contributed by atoms with Crippen molar-refractivity contribution in [2.24, 2.45) is 0 Å². The maximum atomic E-state index is 12.2. The van der Waals surface area contributed by atoms with Gasteiger partial charge in [0.05, 0.1) is 6.61 Å². The van der Waals surface area contributed by atoms with Crippen LogP contribution in [0.25, 0.3) is 0 Å². The molecule has 1 saturated heterocycles. The predicted molar refractivity (Wildman–Crippen MR) is 67.4 cm³/mol. The standard InChI is InChI=1S/C12H22ClNO3/c1-3-11(13)12(15)14(6-9-16-2)10-4-7-17-8-5-10/h10-11H,3-9H2,1-2H3/t11-/m0/s1. The third-order valence-electron chi connectivity index (χ3n) is 3.08. The van der Waals surface area contributed by atoms with Crippen LogP contribution in [0.5, 0.6) is 0 Å². The fourth-order valence-corrected chi connectivity index (χ4v) is 2.14. The van der Waals surface area contributed by atoms with Crippen molar-refractivity contribution in [2.75, 3.05) is 33.5 Å². The molecule has 5 heteroatoms. The van der Waals surface area contributed by atoms with E-state index in [1.807, 2.05) is 11.8 Å². The first kappa shape index (κ1) is 14.7. The van der Waals surface area contributed by atoms with E-state index in [0.29, 0.717) is 19.6 Å². The first-order valence-corrected chi connectivity index (χ1v) is 6.65. The fourth-order valence-electron chi connectivity index (χ4n) is 2.01. The van der Waals surface area contributed by atoms with Crippen molar-refractivity contribution >= 4 is 17.5 Å². The number of amides is 1. The van der Waals surface area contributed by atoms with Gasteiger partial charge in [0.2, 0.25) is 5.91 Å². The molecule has 1 fully saturated rings. The molecular weight excluding hydrogens is 242 g/mol. The highest BCUT2D eigenvalue weighted by molar-refractivity contribution is 6.30. The average molecular weight is 264 g/mol. The van der Waals surface area contributed by atoms with Gasteiger partial charge in [-0.2, -0.15) is 0 Å². The highest BCUT2D eigenvalue weighted by Gasteiger charge is 2.28. The van der Waals surface area contributed by atoms with Gasteiger partial charge in [0, 0.05) is 32.9 Å². The molecule has 0 saturated carbocycles. The zero-order valence-corrected chi connectivity index (χ0v) is 11.4. The molecule has 0 aromatic heterocycles. The van der Waals surface area contributed by atoms with Crippen LogP contribution in [-0.2, 0) is 14.3 Å². The maximum absolute atomic E-state index is 12.2. The summed E-state index contributed by atoms with van der Waals surface area (Å²) in [4.78, 5) is 14.0. The lowest BCUT2D eigenvalue weighted by molar-refractivity contribution is -0.135. The Morgan fingerprint density at radius 1 is 1.53 bits per heavy atom. The van der Waals surface area contributed by atoms with Crippen LogP contribution in [0.4, 0.5) is 0 Å². The number of hydrogen-bond acceptors (Lipinski definition) is 3. The Labute approximate surface area is 108 Å². The second kappa shape index (κ2) is 7.90. The van der Waals surface area contributed by atoms with Gasteiger partial charge in [-0.3, -0.25) is 4.79 Å². The molecule has 4 nitrogen and oxygen atoms in total. The Kier molecular flexibility index (Phi) is 6.85. The number of hydrogen-bond donors (Lipinski definition) is 0. The lowest BCUT2D eigenvalue weighted by Gasteiger charge is -2.35. The SMILES string of the molecule is CC[C@H](Cl)C(=O)N(CCOC)C1CCOCC1. The van der Waals surface area contributed by atoms with Gasteiger partial charge in [0.1, 0.15) is 5.38 Å².